The Morgan fingerprint density at radius 2 is 1.97 bits per heavy atom. The quantitative estimate of drug-likeness (QED) is 0.315. The number of nitrogens with one attached hydrogen (secondary N) is 1. The molecule has 1 unspecified atom stereocenters. The lowest BCUT2D eigenvalue weighted by atomic mass is 10.0. The molecule has 2 N–H and O–H groups in total. The first-order chi connectivity index (χ1) is 16.6. The van der Waals surface area contributed by atoms with Crippen molar-refractivity contribution >= 4 is 23.8 Å². The minimum absolute atomic E-state index is 0.0782. The van der Waals surface area contributed by atoms with Gasteiger partial charge in [-0.2, -0.15) is 5.10 Å². The molecule has 1 amide bonds. The van der Waals surface area contributed by atoms with Crippen LogP contribution in [0, 0.1) is 0 Å². The van der Waals surface area contributed by atoms with E-state index in [1.54, 1.807) is 16.0 Å². The number of nitrogens with zero attached hydrogens (tertiary/aromatic N) is 4. The van der Waals surface area contributed by atoms with Gasteiger partial charge in [-0.25, -0.2) is 0 Å². The zero-order valence-electron chi connectivity index (χ0n) is 19.0. The minimum Gasteiger partial charge on any atom is -0.480 e. The molecule has 0 aromatic heterocycles. The van der Waals surface area contributed by atoms with Crippen molar-refractivity contribution in [2.24, 2.45) is 10.3 Å². The summed E-state index contributed by atoms with van der Waals surface area (Å²) in [6, 6.07) is 18.2. The highest BCUT2D eigenvalue weighted by atomic mass is 16.6. The molecule has 2 heterocycles. The number of carbonyl (C=O) groups is 2. The molecule has 2 aliphatic rings. The number of hydrazone groups is 1. The highest BCUT2D eigenvalue weighted by Crippen LogP contribution is 2.19. The Morgan fingerprint density at radius 1 is 1.18 bits per heavy atom. The van der Waals surface area contributed by atoms with Gasteiger partial charge in [0.25, 0.3) is 0 Å². The van der Waals surface area contributed by atoms with Crippen molar-refractivity contribution in [2.45, 2.75) is 18.9 Å². The predicted molar refractivity (Wildman–Crippen MR) is 129 cm³/mol. The maximum atomic E-state index is 12.3. The van der Waals surface area contributed by atoms with Crippen LogP contribution in [0.2, 0.25) is 0 Å². The van der Waals surface area contributed by atoms with E-state index in [2.05, 4.69) is 27.8 Å². The number of amides is 1. The van der Waals surface area contributed by atoms with Crippen molar-refractivity contribution in [1.82, 2.24) is 15.2 Å². The average Bonchev–Trinajstić information content (AvgIpc) is 3.30. The Bertz CT molecular complexity index is 1040. The van der Waals surface area contributed by atoms with Crippen molar-refractivity contribution in [3.8, 4) is 0 Å². The molecule has 2 aliphatic heterocycles. The van der Waals surface area contributed by atoms with E-state index in [9.17, 15) is 9.59 Å². The normalized spacial score (nSPS) is 18.7. The molecule has 1 fully saturated rings. The molecule has 2 aromatic carbocycles. The highest BCUT2D eigenvalue weighted by Gasteiger charge is 2.30. The third kappa shape index (κ3) is 6.64. The summed E-state index contributed by atoms with van der Waals surface area (Å²) in [5, 5.41) is 17.4. The maximum Gasteiger partial charge on any atom is 0.317 e. The number of rotatable bonds is 10. The molecule has 0 radical (unpaired) electrons. The summed E-state index contributed by atoms with van der Waals surface area (Å²) in [5.74, 6) is -0.999. The van der Waals surface area contributed by atoms with Crippen LogP contribution < -0.4 is 5.43 Å². The summed E-state index contributed by atoms with van der Waals surface area (Å²) in [6.45, 7) is 2.27. The SMILES string of the molecule is O=C(O)CN1CCN(CC2CC(c3ccc(C=NNCCc4ccccc4)cc3)=NO2)C(=O)C1. The zero-order chi connectivity index (χ0) is 23.8. The van der Waals surface area contributed by atoms with Gasteiger partial charge in [-0.05, 0) is 23.1 Å². The molecule has 0 spiro atoms. The lowest BCUT2D eigenvalue weighted by Crippen LogP contribution is -2.53. The molecule has 178 valence electrons. The minimum atomic E-state index is -0.921. The van der Waals surface area contributed by atoms with Gasteiger partial charge in [-0.15, -0.1) is 0 Å². The molecular formula is C25H29N5O4. The van der Waals surface area contributed by atoms with E-state index >= 15 is 0 Å². The van der Waals surface area contributed by atoms with Crippen LogP contribution in [0.5, 0.6) is 0 Å². The summed E-state index contributed by atoms with van der Waals surface area (Å²) < 4.78 is 0. The van der Waals surface area contributed by atoms with E-state index in [1.165, 1.54) is 5.56 Å². The number of piperazine rings is 1. The van der Waals surface area contributed by atoms with E-state index in [4.69, 9.17) is 9.94 Å². The predicted octanol–water partition coefficient (Wildman–Crippen LogP) is 1.57. The van der Waals surface area contributed by atoms with Gasteiger partial charge in [0.2, 0.25) is 5.91 Å². The van der Waals surface area contributed by atoms with Crippen LogP contribution in [0.15, 0.2) is 64.9 Å². The summed E-state index contributed by atoms with van der Waals surface area (Å²) in [5.41, 5.74) is 7.17. The van der Waals surface area contributed by atoms with Crippen molar-refractivity contribution < 1.29 is 19.5 Å². The summed E-state index contributed by atoms with van der Waals surface area (Å²) >= 11 is 0. The fraction of sp³-hybridized carbons (Fsp3) is 0.360. The number of oxime groups is 1. The molecule has 9 heteroatoms. The summed E-state index contributed by atoms with van der Waals surface area (Å²) in [6.07, 6.45) is 3.14. The first-order valence-electron chi connectivity index (χ1n) is 11.4. The number of hydrogen-bond acceptors (Lipinski definition) is 7. The summed E-state index contributed by atoms with van der Waals surface area (Å²) in [7, 11) is 0. The largest absolute Gasteiger partial charge is 0.480 e. The van der Waals surface area contributed by atoms with Crippen molar-refractivity contribution in [3.05, 3.63) is 71.3 Å². The van der Waals surface area contributed by atoms with Crippen LogP contribution in [0.25, 0.3) is 0 Å². The van der Waals surface area contributed by atoms with Gasteiger partial charge >= 0.3 is 5.97 Å². The number of carboxylic acid groups (broad SMARTS) is 1. The number of carbonyl (C=O) groups excluding carboxylic acids is 1. The third-order valence-corrected chi connectivity index (χ3v) is 5.83. The Hall–Kier alpha value is -3.72. The average molecular weight is 464 g/mol. The molecule has 2 aromatic rings. The van der Waals surface area contributed by atoms with E-state index in [0.717, 1.165) is 29.8 Å². The second kappa shape index (κ2) is 11.4. The fourth-order valence-corrected chi connectivity index (χ4v) is 4.01. The number of carboxylic acids is 1. The second-order valence-corrected chi connectivity index (χ2v) is 8.44. The lowest BCUT2D eigenvalue weighted by Gasteiger charge is -2.34. The monoisotopic (exact) mass is 463 g/mol. The third-order valence-electron chi connectivity index (χ3n) is 5.83. The van der Waals surface area contributed by atoms with Gasteiger partial charge in [0.1, 0.15) is 0 Å². The van der Waals surface area contributed by atoms with Gasteiger partial charge in [-0.1, -0.05) is 59.8 Å². The molecule has 4 rings (SSSR count). The lowest BCUT2D eigenvalue weighted by molar-refractivity contribution is -0.143. The standard InChI is InChI=1S/C25H29N5O4/c31-24-17-29(18-25(32)33)12-13-30(24)16-22-14-23(28-34-22)21-8-6-20(7-9-21)15-27-26-11-10-19-4-2-1-3-5-19/h1-9,15,22,26H,10-14,16-18H2,(H,32,33). The zero-order valence-corrected chi connectivity index (χ0v) is 19.0. The van der Waals surface area contributed by atoms with Crippen LogP contribution in [0.3, 0.4) is 0 Å². The van der Waals surface area contributed by atoms with Gasteiger partial charge in [0, 0.05) is 26.1 Å². The topological polar surface area (TPSA) is 107 Å². The van der Waals surface area contributed by atoms with Crippen molar-refractivity contribution in [1.29, 1.82) is 0 Å². The molecular weight excluding hydrogens is 434 g/mol. The number of benzene rings is 2. The second-order valence-electron chi connectivity index (χ2n) is 8.44. The molecule has 1 saturated heterocycles. The van der Waals surface area contributed by atoms with E-state index in [0.29, 0.717) is 26.1 Å². The van der Waals surface area contributed by atoms with Crippen LogP contribution in [-0.2, 0) is 20.8 Å². The van der Waals surface area contributed by atoms with Crippen LogP contribution in [0.4, 0.5) is 0 Å². The highest BCUT2D eigenvalue weighted by molar-refractivity contribution is 6.01. The maximum absolute atomic E-state index is 12.3. The molecule has 1 atom stereocenters. The van der Waals surface area contributed by atoms with Gasteiger partial charge < -0.3 is 20.3 Å². The van der Waals surface area contributed by atoms with Crippen LogP contribution in [-0.4, -0.2) is 84.1 Å². The van der Waals surface area contributed by atoms with Crippen LogP contribution in [0.1, 0.15) is 23.1 Å². The fourth-order valence-electron chi connectivity index (χ4n) is 4.01. The molecule has 0 bridgehead atoms. The Morgan fingerprint density at radius 3 is 2.71 bits per heavy atom. The first kappa shape index (κ1) is 23.4. The van der Waals surface area contributed by atoms with Gasteiger partial charge in [0.15, 0.2) is 6.10 Å². The van der Waals surface area contributed by atoms with Crippen LogP contribution >= 0.6 is 0 Å². The van der Waals surface area contributed by atoms with Gasteiger partial charge in [-0.3, -0.25) is 14.5 Å². The smallest absolute Gasteiger partial charge is 0.317 e. The molecule has 34 heavy (non-hydrogen) atoms. The Balaban J connectivity index is 1.20. The Labute approximate surface area is 198 Å². The van der Waals surface area contributed by atoms with Gasteiger partial charge in [0.05, 0.1) is 31.6 Å². The molecule has 9 nitrogen and oxygen atoms in total. The van der Waals surface area contributed by atoms with E-state index < -0.39 is 5.97 Å². The number of aliphatic carboxylic acids is 1. The van der Waals surface area contributed by atoms with E-state index in [-0.39, 0.29) is 25.1 Å². The van der Waals surface area contributed by atoms with E-state index in [1.807, 2.05) is 42.5 Å². The van der Waals surface area contributed by atoms with Crippen molar-refractivity contribution in [3.63, 3.8) is 0 Å². The summed E-state index contributed by atoms with van der Waals surface area (Å²) in [4.78, 5) is 32.1. The first-order valence-corrected chi connectivity index (χ1v) is 11.4. The molecule has 0 saturated carbocycles. The molecule has 0 aliphatic carbocycles. The number of hydrogen-bond donors (Lipinski definition) is 2. The Kier molecular flexibility index (Phi) is 7.87. The van der Waals surface area contributed by atoms with Crippen molar-refractivity contribution in [2.75, 3.05) is 39.3 Å².